The van der Waals surface area contributed by atoms with Gasteiger partial charge in [0, 0.05) is 25.7 Å². The summed E-state index contributed by atoms with van der Waals surface area (Å²) in [5.41, 5.74) is 1.67. The Hall–Kier alpha value is -4.09. The highest BCUT2D eigenvalue weighted by atomic mass is 32.2. The lowest BCUT2D eigenvalue weighted by Crippen LogP contribution is -2.54. The molecule has 1 fully saturated rings. The molecule has 11 heteroatoms. The van der Waals surface area contributed by atoms with E-state index >= 15 is 0 Å². The van der Waals surface area contributed by atoms with E-state index in [0.717, 1.165) is 5.56 Å². The van der Waals surface area contributed by atoms with E-state index in [-0.39, 0.29) is 29.8 Å². The van der Waals surface area contributed by atoms with Gasteiger partial charge in [-0.3, -0.25) is 9.59 Å². The molecule has 2 aliphatic rings. The molecule has 222 valence electrons. The number of nitrogens with zero attached hydrogens (tertiary/aromatic N) is 2. The maximum atomic E-state index is 14.0. The van der Waals surface area contributed by atoms with Gasteiger partial charge >= 0.3 is 0 Å². The molecule has 1 N–H and O–H groups in total. The van der Waals surface area contributed by atoms with Crippen LogP contribution in [0.25, 0.3) is 0 Å². The fourth-order valence-electron chi connectivity index (χ4n) is 5.38. The number of hydrogen-bond acceptors (Lipinski definition) is 7. The summed E-state index contributed by atoms with van der Waals surface area (Å²) >= 11 is 0. The molecule has 2 atom stereocenters. The van der Waals surface area contributed by atoms with Crippen LogP contribution in [0.5, 0.6) is 17.2 Å². The number of carbonyl (C=O) groups excluding carboxylic acids is 2. The molecule has 0 aliphatic carbocycles. The molecule has 0 saturated carbocycles. The topological polar surface area (TPSA) is 114 Å². The summed E-state index contributed by atoms with van der Waals surface area (Å²) in [5.74, 6) is 0.0427. The van der Waals surface area contributed by atoms with Gasteiger partial charge in [0.15, 0.2) is 17.6 Å². The summed E-state index contributed by atoms with van der Waals surface area (Å²) in [6, 6.07) is 21.4. The van der Waals surface area contributed by atoms with Crippen LogP contribution in [0.1, 0.15) is 18.4 Å². The summed E-state index contributed by atoms with van der Waals surface area (Å²) in [6.45, 7) is 0.797. The highest BCUT2D eigenvalue weighted by Crippen LogP contribution is 2.36. The SMILES string of the molecule is COc1ccc(S(=O)(=O)N2CCC[C@@H](C(=O)N3C[C@H](C(=O)NCCc4ccccc4)Oc4ccccc43)C2)cc1OC. The van der Waals surface area contributed by atoms with Gasteiger partial charge in [-0.25, -0.2) is 8.42 Å². The molecular weight excluding hydrogens is 558 g/mol. The summed E-state index contributed by atoms with van der Waals surface area (Å²) in [6.07, 6.45) is 0.836. The van der Waals surface area contributed by atoms with Crippen molar-refractivity contribution < 1.29 is 32.2 Å². The number of piperidine rings is 1. The Bertz CT molecular complexity index is 1530. The van der Waals surface area contributed by atoms with Gasteiger partial charge in [0.05, 0.1) is 37.3 Å². The van der Waals surface area contributed by atoms with E-state index in [9.17, 15) is 18.0 Å². The van der Waals surface area contributed by atoms with Crippen LogP contribution in [-0.2, 0) is 26.0 Å². The highest BCUT2D eigenvalue weighted by molar-refractivity contribution is 7.89. The lowest BCUT2D eigenvalue weighted by molar-refractivity contribution is -0.129. The van der Waals surface area contributed by atoms with Gasteiger partial charge in [-0.1, -0.05) is 42.5 Å². The predicted molar refractivity (Wildman–Crippen MR) is 157 cm³/mol. The molecule has 42 heavy (non-hydrogen) atoms. The molecule has 5 rings (SSSR count). The molecule has 3 aromatic carbocycles. The number of nitrogens with one attached hydrogen (secondary N) is 1. The molecule has 0 radical (unpaired) electrons. The first kappa shape index (κ1) is 29.4. The molecule has 0 bridgehead atoms. The molecule has 1 saturated heterocycles. The molecule has 0 unspecified atom stereocenters. The van der Waals surface area contributed by atoms with Crippen LogP contribution in [0.3, 0.4) is 0 Å². The van der Waals surface area contributed by atoms with Crippen molar-refractivity contribution >= 4 is 27.5 Å². The summed E-state index contributed by atoms with van der Waals surface area (Å²) in [4.78, 5) is 28.7. The van der Waals surface area contributed by atoms with Crippen molar-refractivity contribution in [3.8, 4) is 17.2 Å². The zero-order chi connectivity index (χ0) is 29.7. The van der Waals surface area contributed by atoms with Gasteiger partial charge in [-0.2, -0.15) is 4.31 Å². The number of benzene rings is 3. The van der Waals surface area contributed by atoms with Crippen molar-refractivity contribution in [1.82, 2.24) is 9.62 Å². The minimum atomic E-state index is -3.90. The van der Waals surface area contributed by atoms with Crippen LogP contribution in [0.15, 0.2) is 77.7 Å². The quantitative estimate of drug-likeness (QED) is 0.405. The smallest absolute Gasteiger partial charge is 0.262 e. The first-order valence-corrected chi connectivity index (χ1v) is 15.4. The lowest BCUT2D eigenvalue weighted by atomic mass is 9.97. The van der Waals surface area contributed by atoms with Crippen molar-refractivity contribution in [3.63, 3.8) is 0 Å². The number of para-hydroxylation sites is 2. The van der Waals surface area contributed by atoms with E-state index in [1.54, 1.807) is 35.2 Å². The second kappa shape index (κ2) is 12.8. The Morgan fingerprint density at radius 1 is 0.952 bits per heavy atom. The number of hydrogen-bond donors (Lipinski definition) is 1. The normalized spacial score (nSPS) is 18.9. The summed E-state index contributed by atoms with van der Waals surface area (Å²) in [5, 5.41) is 2.92. The molecule has 2 aliphatic heterocycles. The fraction of sp³-hybridized carbons (Fsp3) is 0.355. The third-order valence-electron chi connectivity index (χ3n) is 7.61. The Morgan fingerprint density at radius 2 is 1.69 bits per heavy atom. The van der Waals surface area contributed by atoms with Gasteiger partial charge in [-0.15, -0.1) is 0 Å². The van der Waals surface area contributed by atoms with Crippen LogP contribution < -0.4 is 24.4 Å². The summed E-state index contributed by atoms with van der Waals surface area (Å²) in [7, 11) is -0.969. The van der Waals surface area contributed by atoms with Crippen LogP contribution >= 0.6 is 0 Å². The van der Waals surface area contributed by atoms with E-state index in [1.165, 1.54) is 30.7 Å². The van der Waals surface area contributed by atoms with Gasteiger partial charge in [0.1, 0.15) is 5.75 Å². The van der Waals surface area contributed by atoms with Crippen molar-refractivity contribution in [2.24, 2.45) is 5.92 Å². The molecule has 10 nitrogen and oxygen atoms in total. The second-order valence-corrected chi connectivity index (χ2v) is 12.2. The summed E-state index contributed by atoms with van der Waals surface area (Å²) < 4.78 is 45.0. The van der Waals surface area contributed by atoms with Gasteiger partial charge in [-0.05, 0) is 49.1 Å². The van der Waals surface area contributed by atoms with Crippen LogP contribution in [0, 0.1) is 5.92 Å². The third kappa shape index (κ3) is 6.22. The number of anilines is 1. The average Bonchev–Trinajstić information content (AvgIpc) is 3.04. The largest absolute Gasteiger partial charge is 0.493 e. The van der Waals surface area contributed by atoms with Gasteiger partial charge in [0.2, 0.25) is 15.9 Å². The van der Waals surface area contributed by atoms with E-state index in [2.05, 4.69) is 5.32 Å². The monoisotopic (exact) mass is 593 g/mol. The maximum Gasteiger partial charge on any atom is 0.262 e. The standard InChI is InChI=1S/C31H35N3O7S/c1-39-27-15-14-24(19-28(27)40-2)42(37,38)33-18-8-11-23(20-33)31(36)34-21-29(41-26-13-7-6-12-25(26)34)30(35)32-17-16-22-9-4-3-5-10-22/h3-7,9-10,12-15,19,23,29H,8,11,16-18,20-21H2,1-2H3,(H,32,35)/t23-,29-/m1/s1. The minimum absolute atomic E-state index is 0.0307. The number of amides is 2. The van der Waals surface area contributed by atoms with Gasteiger partial charge in [0.25, 0.3) is 5.91 Å². The Kier molecular flexibility index (Phi) is 8.98. The van der Waals surface area contributed by atoms with Crippen molar-refractivity contribution in [3.05, 3.63) is 78.4 Å². The molecular formula is C31H35N3O7S. The number of ether oxygens (including phenoxy) is 3. The Morgan fingerprint density at radius 3 is 2.45 bits per heavy atom. The van der Waals surface area contributed by atoms with Crippen LogP contribution in [-0.4, -0.2) is 71.0 Å². The number of methoxy groups -OCH3 is 2. The number of fused-ring (bicyclic) bond motifs is 1. The third-order valence-corrected chi connectivity index (χ3v) is 9.48. The van der Waals surface area contributed by atoms with E-state index in [0.29, 0.717) is 55.3 Å². The number of carbonyl (C=O) groups is 2. The van der Waals surface area contributed by atoms with E-state index < -0.39 is 22.0 Å². The Balaban J connectivity index is 1.30. The first-order valence-electron chi connectivity index (χ1n) is 13.9. The average molecular weight is 594 g/mol. The number of sulfonamides is 1. The predicted octanol–water partition coefficient (Wildman–Crippen LogP) is 3.26. The Labute approximate surface area is 246 Å². The molecule has 0 aromatic heterocycles. The zero-order valence-electron chi connectivity index (χ0n) is 23.7. The molecule has 2 heterocycles. The zero-order valence-corrected chi connectivity index (χ0v) is 24.5. The highest BCUT2D eigenvalue weighted by Gasteiger charge is 2.40. The lowest BCUT2D eigenvalue weighted by Gasteiger charge is -2.38. The maximum absolute atomic E-state index is 14.0. The first-order chi connectivity index (χ1) is 20.3. The second-order valence-electron chi connectivity index (χ2n) is 10.3. The van der Waals surface area contributed by atoms with Crippen LogP contribution in [0.2, 0.25) is 0 Å². The minimum Gasteiger partial charge on any atom is -0.493 e. The van der Waals surface area contributed by atoms with E-state index in [4.69, 9.17) is 14.2 Å². The molecule has 2 amide bonds. The van der Waals surface area contributed by atoms with E-state index in [1.807, 2.05) is 30.3 Å². The fourth-order valence-corrected chi connectivity index (χ4v) is 6.92. The van der Waals surface area contributed by atoms with Crippen LogP contribution in [0.4, 0.5) is 5.69 Å². The van der Waals surface area contributed by atoms with Crippen molar-refractivity contribution in [1.29, 1.82) is 0 Å². The van der Waals surface area contributed by atoms with Crippen molar-refractivity contribution in [2.75, 3.05) is 45.3 Å². The number of rotatable bonds is 9. The molecule has 0 spiro atoms. The molecule has 3 aromatic rings. The van der Waals surface area contributed by atoms with Crippen molar-refractivity contribution in [2.45, 2.75) is 30.3 Å². The van der Waals surface area contributed by atoms with Gasteiger partial charge < -0.3 is 24.4 Å².